The Morgan fingerprint density at radius 1 is 1.47 bits per heavy atom. The number of hydrogen-bond acceptors (Lipinski definition) is 2. The number of amides is 1. The molecule has 1 heterocycles. The van der Waals surface area contributed by atoms with Gasteiger partial charge in [-0.2, -0.15) is 4.39 Å². The van der Waals surface area contributed by atoms with Crippen LogP contribution in [0.4, 0.5) is 4.39 Å². The molecule has 0 unspecified atom stereocenters. The Bertz CT molecular complexity index is 389. The van der Waals surface area contributed by atoms with Gasteiger partial charge >= 0.3 is 0 Å². The number of carbonyl (C=O) groups is 1. The monoisotopic (exact) mass is 236 g/mol. The highest BCUT2D eigenvalue weighted by Crippen LogP contribution is 2.26. The summed E-state index contributed by atoms with van der Waals surface area (Å²) in [5.74, 6) is -0.339. The summed E-state index contributed by atoms with van der Waals surface area (Å²) < 4.78 is 13.2. The molecule has 1 fully saturated rings. The highest BCUT2D eigenvalue weighted by atomic mass is 19.1. The van der Waals surface area contributed by atoms with Crippen LogP contribution in [0, 0.1) is 11.9 Å². The van der Waals surface area contributed by atoms with Gasteiger partial charge in [-0.3, -0.25) is 4.79 Å². The molecule has 92 valence electrons. The van der Waals surface area contributed by atoms with Crippen molar-refractivity contribution in [1.29, 1.82) is 0 Å². The predicted octanol–water partition coefficient (Wildman–Crippen LogP) is 2.53. The fourth-order valence-corrected chi connectivity index (χ4v) is 2.34. The zero-order chi connectivity index (χ0) is 12.1. The molecule has 1 aromatic rings. The first-order chi connectivity index (χ1) is 8.27. The summed E-state index contributed by atoms with van der Waals surface area (Å²) in [6.45, 7) is 0.623. The topological polar surface area (TPSA) is 42.0 Å². The van der Waals surface area contributed by atoms with Gasteiger partial charge in [0.05, 0.1) is 5.56 Å². The molecule has 1 aliphatic rings. The highest BCUT2D eigenvalue weighted by Gasteiger charge is 2.16. The molecule has 0 atom stereocenters. The van der Waals surface area contributed by atoms with Crippen LogP contribution in [-0.4, -0.2) is 17.4 Å². The number of nitrogens with one attached hydrogen (secondary N) is 1. The van der Waals surface area contributed by atoms with Crippen LogP contribution in [0.5, 0.6) is 0 Å². The van der Waals surface area contributed by atoms with Crippen LogP contribution in [-0.2, 0) is 0 Å². The Morgan fingerprint density at radius 2 is 2.24 bits per heavy atom. The quantitative estimate of drug-likeness (QED) is 0.816. The summed E-state index contributed by atoms with van der Waals surface area (Å²) >= 11 is 0. The molecular formula is C13H17FN2O. The molecule has 1 saturated carbocycles. The first-order valence-electron chi connectivity index (χ1n) is 6.16. The summed E-state index contributed by atoms with van der Waals surface area (Å²) in [6, 6.07) is 3.02. The summed E-state index contributed by atoms with van der Waals surface area (Å²) in [4.78, 5) is 15.1. The SMILES string of the molecule is O=C(NCCC1CCCC1)c1cccnc1F. The number of pyridine rings is 1. The third-order valence-corrected chi connectivity index (χ3v) is 3.32. The lowest BCUT2D eigenvalue weighted by Crippen LogP contribution is -2.26. The van der Waals surface area contributed by atoms with E-state index in [0.717, 1.165) is 12.3 Å². The summed E-state index contributed by atoms with van der Waals surface area (Å²) in [7, 11) is 0. The third kappa shape index (κ3) is 3.25. The molecule has 1 aromatic heterocycles. The molecular weight excluding hydrogens is 219 g/mol. The van der Waals surface area contributed by atoms with E-state index in [1.807, 2.05) is 0 Å². The third-order valence-electron chi connectivity index (χ3n) is 3.32. The fraction of sp³-hybridized carbons (Fsp3) is 0.538. The number of nitrogens with zero attached hydrogens (tertiary/aromatic N) is 1. The molecule has 0 spiro atoms. The summed E-state index contributed by atoms with van der Waals surface area (Å²) in [6.07, 6.45) is 7.46. The molecule has 2 rings (SSSR count). The molecule has 17 heavy (non-hydrogen) atoms. The van der Waals surface area contributed by atoms with Crippen molar-refractivity contribution in [2.45, 2.75) is 32.1 Å². The van der Waals surface area contributed by atoms with Crippen LogP contribution in [0.25, 0.3) is 0 Å². The largest absolute Gasteiger partial charge is 0.352 e. The van der Waals surface area contributed by atoms with Gasteiger partial charge in [0.15, 0.2) is 0 Å². The Labute approximate surface area is 100 Å². The molecule has 0 radical (unpaired) electrons. The molecule has 0 saturated heterocycles. The van der Waals surface area contributed by atoms with E-state index in [0.29, 0.717) is 6.54 Å². The van der Waals surface area contributed by atoms with Gasteiger partial charge < -0.3 is 5.32 Å². The second-order valence-corrected chi connectivity index (χ2v) is 4.54. The Balaban J connectivity index is 1.79. The lowest BCUT2D eigenvalue weighted by Gasteiger charge is -2.09. The van der Waals surface area contributed by atoms with Crippen molar-refractivity contribution >= 4 is 5.91 Å². The second-order valence-electron chi connectivity index (χ2n) is 4.54. The van der Waals surface area contributed by atoms with Crippen molar-refractivity contribution in [3.05, 3.63) is 29.8 Å². The Morgan fingerprint density at radius 3 is 2.94 bits per heavy atom. The van der Waals surface area contributed by atoms with Gasteiger partial charge in [-0.15, -0.1) is 0 Å². The lowest BCUT2D eigenvalue weighted by atomic mass is 10.0. The minimum absolute atomic E-state index is 0.0268. The minimum Gasteiger partial charge on any atom is -0.352 e. The average molecular weight is 236 g/mol. The molecule has 1 amide bonds. The number of hydrogen-bond donors (Lipinski definition) is 1. The molecule has 0 bridgehead atoms. The molecule has 3 nitrogen and oxygen atoms in total. The van der Waals surface area contributed by atoms with Crippen molar-refractivity contribution in [1.82, 2.24) is 10.3 Å². The summed E-state index contributed by atoms with van der Waals surface area (Å²) in [5, 5.41) is 2.75. The fourth-order valence-electron chi connectivity index (χ4n) is 2.34. The maximum absolute atomic E-state index is 13.2. The maximum Gasteiger partial charge on any atom is 0.255 e. The van der Waals surface area contributed by atoms with Gasteiger partial charge in [0.1, 0.15) is 0 Å². The maximum atomic E-state index is 13.2. The number of rotatable bonds is 4. The van der Waals surface area contributed by atoms with Gasteiger partial charge in [-0.25, -0.2) is 4.98 Å². The van der Waals surface area contributed by atoms with Crippen molar-refractivity contribution < 1.29 is 9.18 Å². The first-order valence-corrected chi connectivity index (χ1v) is 6.16. The van der Waals surface area contributed by atoms with E-state index in [2.05, 4.69) is 10.3 Å². The minimum atomic E-state index is -0.703. The highest BCUT2D eigenvalue weighted by molar-refractivity contribution is 5.94. The molecule has 0 aliphatic heterocycles. The molecule has 4 heteroatoms. The van der Waals surface area contributed by atoms with E-state index in [-0.39, 0.29) is 11.5 Å². The number of aromatic nitrogens is 1. The van der Waals surface area contributed by atoms with Crippen LogP contribution >= 0.6 is 0 Å². The van der Waals surface area contributed by atoms with Crippen LogP contribution in [0.15, 0.2) is 18.3 Å². The van der Waals surface area contributed by atoms with Crippen molar-refractivity contribution in [3.63, 3.8) is 0 Å². The smallest absolute Gasteiger partial charge is 0.255 e. The van der Waals surface area contributed by atoms with E-state index in [1.54, 1.807) is 6.07 Å². The number of halogens is 1. The molecule has 1 N–H and O–H groups in total. The van der Waals surface area contributed by atoms with Gasteiger partial charge in [0.25, 0.3) is 5.91 Å². The summed E-state index contributed by atoms with van der Waals surface area (Å²) in [5.41, 5.74) is 0.0268. The Hall–Kier alpha value is -1.45. The van der Waals surface area contributed by atoms with Crippen molar-refractivity contribution in [2.75, 3.05) is 6.54 Å². The van der Waals surface area contributed by atoms with E-state index in [1.165, 1.54) is 37.9 Å². The lowest BCUT2D eigenvalue weighted by molar-refractivity contribution is 0.0946. The average Bonchev–Trinajstić information content (AvgIpc) is 2.82. The zero-order valence-electron chi connectivity index (χ0n) is 9.79. The molecule has 1 aliphatic carbocycles. The predicted molar refractivity (Wildman–Crippen MR) is 63.1 cm³/mol. The zero-order valence-corrected chi connectivity index (χ0v) is 9.79. The van der Waals surface area contributed by atoms with Gasteiger partial charge in [-0.05, 0) is 24.5 Å². The van der Waals surface area contributed by atoms with Crippen LogP contribution in [0.1, 0.15) is 42.5 Å². The number of carbonyl (C=O) groups excluding carboxylic acids is 1. The second kappa shape index (κ2) is 5.75. The van der Waals surface area contributed by atoms with Gasteiger partial charge in [0, 0.05) is 12.7 Å². The van der Waals surface area contributed by atoms with Crippen LogP contribution < -0.4 is 5.32 Å². The van der Waals surface area contributed by atoms with E-state index < -0.39 is 5.95 Å². The molecule has 0 aromatic carbocycles. The van der Waals surface area contributed by atoms with Crippen LogP contribution in [0.3, 0.4) is 0 Å². The van der Waals surface area contributed by atoms with E-state index in [4.69, 9.17) is 0 Å². The van der Waals surface area contributed by atoms with Crippen molar-refractivity contribution in [3.8, 4) is 0 Å². The van der Waals surface area contributed by atoms with Gasteiger partial charge in [-0.1, -0.05) is 25.7 Å². The van der Waals surface area contributed by atoms with E-state index in [9.17, 15) is 9.18 Å². The normalized spacial score (nSPS) is 16.1. The van der Waals surface area contributed by atoms with E-state index >= 15 is 0 Å². The van der Waals surface area contributed by atoms with Crippen LogP contribution in [0.2, 0.25) is 0 Å². The van der Waals surface area contributed by atoms with Crippen molar-refractivity contribution in [2.24, 2.45) is 5.92 Å². The Kier molecular flexibility index (Phi) is 4.07. The standard InChI is InChI=1S/C13H17FN2O/c14-12-11(6-3-8-15-12)13(17)16-9-7-10-4-1-2-5-10/h3,6,8,10H,1-2,4-5,7,9H2,(H,16,17). The van der Waals surface area contributed by atoms with Gasteiger partial charge in [0.2, 0.25) is 5.95 Å². The first kappa shape index (κ1) is 12.0.